The van der Waals surface area contributed by atoms with Crippen molar-refractivity contribution in [1.82, 2.24) is 20.2 Å². The van der Waals surface area contributed by atoms with Gasteiger partial charge in [-0.05, 0) is 52.3 Å². The maximum atomic E-state index is 12.1. The molecular formula is C22H28Cl2N4O. The highest BCUT2D eigenvalue weighted by Crippen LogP contribution is 2.31. The minimum absolute atomic E-state index is 0.00740. The molecule has 1 aliphatic heterocycles. The number of amides is 1. The van der Waals surface area contributed by atoms with Crippen LogP contribution < -0.4 is 5.32 Å². The Morgan fingerprint density at radius 3 is 2.59 bits per heavy atom. The second-order valence-corrected chi connectivity index (χ2v) is 8.85. The standard InChI is InChI=1S/C22H28Cl2N4O/c1-13(2)25-20(29)10-18-14(3)26-22(27-15(18)4)17-8-9-28(12-17)11-16-6-5-7-19(23)21(16)24/h5-7,13,17H,8-12H2,1-4H3,(H,25,29)/t17-/m1/s1. The lowest BCUT2D eigenvalue weighted by atomic mass is 10.0. The molecule has 0 radical (unpaired) electrons. The smallest absolute Gasteiger partial charge is 0.224 e. The maximum Gasteiger partial charge on any atom is 0.224 e. The Morgan fingerprint density at radius 1 is 1.24 bits per heavy atom. The summed E-state index contributed by atoms with van der Waals surface area (Å²) in [5.74, 6) is 1.16. The molecule has 1 aromatic heterocycles. The normalized spacial score (nSPS) is 17.1. The molecule has 2 aromatic rings. The molecule has 3 rings (SSSR count). The molecule has 0 unspecified atom stereocenters. The first kappa shape index (κ1) is 22.0. The lowest BCUT2D eigenvalue weighted by molar-refractivity contribution is -0.120. The van der Waals surface area contributed by atoms with E-state index >= 15 is 0 Å². The largest absolute Gasteiger partial charge is 0.354 e. The number of carbonyl (C=O) groups is 1. The minimum atomic E-state index is 0.00740. The summed E-state index contributed by atoms with van der Waals surface area (Å²) in [5, 5.41) is 4.15. The fraction of sp³-hybridized carbons (Fsp3) is 0.500. The lowest BCUT2D eigenvalue weighted by Crippen LogP contribution is -2.32. The second kappa shape index (κ2) is 9.41. The van der Waals surface area contributed by atoms with Gasteiger partial charge in [0.1, 0.15) is 5.82 Å². The van der Waals surface area contributed by atoms with Gasteiger partial charge >= 0.3 is 0 Å². The monoisotopic (exact) mass is 434 g/mol. The van der Waals surface area contributed by atoms with Gasteiger partial charge in [0.25, 0.3) is 0 Å². The molecule has 1 fully saturated rings. The van der Waals surface area contributed by atoms with E-state index in [1.54, 1.807) is 0 Å². The van der Waals surface area contributed by atoms with Crippen molar-refractivity contribution < 1.29 is 4.79 Å². The first-order valence-corrected chi connectivity index (χ1v) is 10.8. The van der Waals surface area contributed by atoms with Crippen LogP contribution in [0, 0.1) is 13.8 Å². The molecule has 2 heterocycles. The number of nitrogens with zero attached hydrogens (tertiary/aromatic N) is 3. The highest BCUT2D eigenvalue weighted by molar-refractivity contribution is 6.42. The molecule has 5 nitrogen and oxygen atoms in total. The van der Waals surface area contributed by atoms with E-state index in [0.717, 1.165) is 54.4 Å². The number of rotatable bonds is 6. The number of benzene rings is 1. The average Bonchev–Trinajstić information content (AvgIpc) is 3.10. The van der Waals surface area contributed by atoms with Crippen molar-refractivity contribution in [3.8, 4) is 0 Å². The summed E-state index contributed by atoms with van der Waals surface area (Å²) in [5.41, 5.74) is 3.75. The van der Waals surface area contributed by atoms with Crippen LogP contribution in [0.5, 0.6) is 0 Å². The van der Waals surface area contributed by atoms with Crippen LogP contribution in [-0.4, -0.2) is 39.9 Å². The van der Waals surface area contributed by atoms with Gasteiger partial charge in [-0.15, -0.1) is 0 Å². The Hall–Kier alpha value is -1.69. The Labute approximate surface area is 182 Å². The zero-order valence-electron chi connectivity index (χ0n) is 17.4. The number of nitrogens with one attached hydrogen (secondary N) is 1. The average molecular weight is 435 g/mol. The van der Waals surface area contributed by atoms with Gasteiger partial charge < -0.3 is 5.32 Å². The number of hydrogen-bond donors (Lipinski definition) is 1. The number of halogens is 2. The van der Waals surface area contributed by atoms with Crippen molar-refractivity contribution >= 4 is 29.1 Å². The first-order valence-electron chi connectivity index (χ1n) is 10.0. The van der Waals surface area contributed by atoms with E-state index in [9.17, 15) is 4.79 Å². The lowest BCUT2D eigenvalue weighted by Gasteiger charge is -2.18. The van der Waals surface area contributed by atoms with E-state index in [0.29, 0.717) is 16.5 Å². The Morgan fingerprint density at radius 2 is 1.93 bits per heavy atom. The highest BCUT2D eigenvalue weighted by atomic mass is 35.5. The highest BCUT2D eigenvalue weighted by Gasteiger charge is 2.27. The van der Waals surface area contributed by atoms with Crippen LogP contribution in [-0.2, 0) is 17.8 Å². The summed E-state index contributed by atoms with van der Waals surface area (Å²) in [6.07, 6.45) is 1.32. The molecule has 1 atom stereocenters. The zero-order valence-corrected chi connectivity index (χ0v) is 18.9. The summed E-state index contributed by atoms with van der Waals surface area (Å²) >= 11 is 12.5. The van der Waals surface area contributed by atoms with Gasteiger partial charge in [-0.2, -0.15) is 0 Å². The van der Waals surface area contributed by atoms with Crippen molar-refractivity contribution in [1.29, 1.82) is 0 Å². The van der Waals surface area contributed by atoms with Crippen molar-refractivity contribution in [2.45, 2.75) is 59.0 Å². The Bertz CT molecular complexity index is 877. The molecule has 1 aromatic carbocycles. The fourth-order valence-corrected chi connectivity index (χ4v) is 4.22. The molecule has 0 aliphatic carbocycles. The predicted octanol–water partition coefficient (Wildman–Crippen LogP) is 4.46. The van der Waals surface area contributed by atoms with Gasteiger partial charge in [0, 0.05) is 42.0 Å². The van der Waals surface area contributed by atoms with Crippen LogP contribution in [0.25, 0.3) is 0 Å². The summed E-state index contributed by atoms with van der Waals surface area (Å²) in [6.45, 7) is 10.5. The van der Waals surface area contributed by atoms with Gasteiger partial charge in [-0.25, -0.2) is 9.97 Å². The van der Waals surface area contributed by atoms with Gasteiger partial charge in [-0.3, -0.25) is 9.69 Å². The molecule has 1 N–H and O–H groups in total. The third-order valence-electron chi connectivity index (χ3n) is 5.29. The third kappa shape index (κ3) is 5.47. The van der Waals surface area contributed by atoms with Gasteiger partial charge in [0.05, 0.1) is 16.5 Å². The molecule has 156 valence electrons. The van der Waals surface area contributed by atoms with Crippen LogP contribution in [0.4, 0.5) is 0 Å². The van der Waals surface area contributed by atoms with Crippen LogP contribution >= 0.6 is 23.2 Å². The molecule has 7 heteroatoms. The van der Waals surface area contributed by atoms with E-state index in [2.05, 4.69) is 10.2 Å². The third-order valence-corrected chi connectivity index (χ3v) is 6.15. The number of aryl methyl sites for hydroxylation is 2. The molecule has 1 aliphatic rings. The molecule has 1 saturated heterocycles. The predicted molar refractivity (Wildman–Crippen MR) is 118 cm³/mol. The minimum Gasteiger partial charge on any atom is -0.354 e. The molecule has 0 spiro atoms. The van der Waals surface area contributed by atoms with Crippen LogP contribution in [0.1, 0.15) is 54.5 Å². The van der Waals surface area contributed by atoms with E-state index in [1.807, 2.05) is 45.9 Å². The van der Waals surface area contributed by atoms with Crippen LogP contribution in [0.3, 0.4) is 0 Å². The first-order chi connectivity index (χ1) is 13.7. The Balaban J connectivity index is 1.68. The number of hydrogen-bond acceptors (Lipinski definition) is 4. The van der Waals surface area contributed by atoms with Gasteiger partial charge in [-0.1, -0.05) is 35.3 Å². The Kier molecular flexibility index (Phi) is 7.14. The maximum absolute atomic E-state index is 12.1. The summed E-state index contributed by atoms with van der Waals surface area (Å²) in [6, 6.07) is 5.88. The van der Waals surface area contributed by atoms with Crippen molar-refractivity contribution in [3.63, 3.8) is 0 Å². The molecule has 1 amide bonds. The summed E-state index contributed by atoms with van der Waals surface area (Å²) in [4.78, 5) is 24.0. The second-order valence-electron chi connectivity index (χ2n) is 8.06. The SMILES string of the molecule is Cc1nc([C@@H]2CCN(Cc3cccc(Cl)c3Cl)C2)nc(C)c1CC(=O)NC(C)C. The van der Waals surface area contributed by atoms with Gasteiger partial charge in [0.15, 0.2) is 0 Å². The van der Waals surface area contributed by atoms with Gasteiger partial charge in [0.2, 0.25) is 5.91 Å². The van der Waals surface area contributed by atoms with E-state index in [1.165, 1.54) is 0 Å². The molecular weight excluding hydrogens is 407 g/mol. The fourth-order valence-electron chi connectivity index (χ4n) is 3.84. The summed E-state index contributed by atoms with van der Waals surface area (Å²) < 4.78 is 0. The van der Waals surface area contributed by atoms with Crippen LogP contribution in [0.15, 0.2) is 18.2 Å². The van der Waals surface area contributed by atoms with E-state index in [-0.39, 0.29) is 17.9 Å². The van der Waals surface area contributed by atoms with Crippen molar-refractivity contribution in [2.75, 3.05) is 13.1 Å². The van der Waals surface area contributed by atoms with Crippen molar-refractivity contribution in [2.24, 2.45) is 0 Å². The number of carbonyl (C=O) groups excluding carboxylic acids is 1. The van der Waals surface area contributed by atoms with E-state index < -0.39 is 0 Å². The van der Waals surface area contributed by atoms with Crippen LogP contribution in [0.2, 0.25) is 10.0 Å². The van der Waals surface area contributed by atoms with E-state index in [4.69, 9.17) is 33.2 Å². The molecule has 29 heavy (non-hydrogen) atoms. The number of likely N-dealkylation sites (tertiary alicyclic amines) is 1. The molecule has 0 saturated carbocycles. The quantitative estimate of drug-likeness (QED) is 0.728. The topological polar surface area (TPSA) is 58.1 Å². The van der Waals surface area contributed by atoms with Crippen molar-refractivity contribution in [3.05, 3.63) is 56.6 Å². The summed E-state index contributed by atoms with van der Waals surface area (Å²) in [7, 11) is 0. The zero-order chi connectivity index (χ0) is 21.1. The molecule has 0 bridgehead atoms. The number of aromatic nitrogens is 2.